The molecule has 0 saturated heterocycles. The smallest absolute Gasteiger partial charge is 0.235 e. The first-order chi connectivity index (χ1) is 12.3. The van der Waals surface area contributed by atoms with Crippen molar-refractivity contribution in [1.29, 1.82) is 0 Å². The van der Waals surface area contributed by atoms with Crippen molar-refractivity contribution in [2.24, 2.45) is 0 Å². The summed E-state index contributed by atoms with van der Waals surface area (Å²) in [5.41, 5.74) is 2.66. The van der Waals surface area contributed by atoms with Gasteiger partial charge in [0, 0.05) is 6.20 Å². The van der Waals surface area contributed by atoms with Crippen LogP contribution in [0, 0.1) is 6.92 Å². The van der Waals surface area contributed by atoms with Crippen LogP contribution in [0.15, 0.2) is 47.2 Å². The first kappa shape index (κ1) is 14.1. The van der Waals surface area contributed by atoms with E-state index < -0.39 is 0 Å². The van der Waals surface area contributed by atoms with Gasteiger partial charge in [0.1, 0.15) is 22.1 Å². The van der Waals surface area contributed by atoms with E-state index in [4.69, 9.17) is 4.42 Å². The number of imidazole rings is 1. The van der Waals surface area contributed by atoms with Crippen LogP contribution in [0.4, 0.5) is 0 Å². The van der Waals surface area contributed by atoms with Gasteiger partial charge in [-0.25, -0.2) is 4.98 Å². The molecular weight excluding hydrogens is 336 g/mol. The molecule has 5 heterocycles. The number of hydrogen-bond donors (Lipinski definition) is 0. The molecule has 7 nitrogen and oxygen atoms in total. The molecule has 0 amide bonds. The lowest BCUT2D eigenvalue weighted by Gasteiger charge is -1.99. The Bertz CT molecular complexity index is 1210. The Labute approximate surface area is 145 Å². The zero-order valence-electron chi connectivity index (χ0n) is 13.2. The van der Waals surface area contributed by atoms with E-state index in [9.17, 15) is 0 Å². The van der Waals surface area contributed by atoms with Crippen molar-refractivity contribution in [2.45, 2.75) is 6.92 Å². The molecule has 25 heavy (non-hydrogen) atoms. The summed E-state index contributed by atoms with van der Waals surface area (Å²) in [5, 5.41) is 14.0. The molecule has 5 rings (SSSR count). The molecule has 0 aliphatic rings. The van der Waals surface area contributed by atoms with E-state index >= 15 is 0 Å². The highest BCUT2D eigenvalue weighted by molar-refractivity contribution is 7.17. The van der Waals surface area contributed by atoms with Crippen molar-refractivity contribution >= 4 is 34.1 Å². The Morgan fingerprint density at radius 1 is 1.12 bits per heavy atom. The lowest BCUT2D eigenvalue weighted by molar-refractivity contribution is 0.557. The maximum absolute atomic E-state index is 5.30. The van der Waals surface area contributed by atoms with Crippen LogP contribution in [0.1, 0.15) is 16.5 Å². The number of rotatable bonds is 3. The van der Waals surface area contributed by atoms with Gasteiger partial charge in [0.15, 0.2) is 0 Å². The van der Waals surface area contributed by atoms with Gasteiger partial charge in [-0.15, -0.1) is 10.2 Å². The first-order valence-corrected chi connectivity index (χ1v) is 8.49. The van der Waals surface area contributed by atoms with E-state index in [0.717, 1.165) is 32.8 Å². The number of furan rings is 1. The average Bonchev–Trinajstić information content (AvgIpc) is 3.36. The van der Waals surface area contributed by atoms with E-state index in [1.807, 2.05) is 60.0 Å². The number of aryl methyl sites for hydroxylation is 1. The van der Waals surface area contributed by atoms with E-state index in [1.165, 1.54) is 11.3 Å². The van der Waals surface area contributed by atoms with E-state index in [1.54, 1.807) is 10.8 Å². The lowest BCUT2D eigenvalue weighted by Crippen LogP contribution is -1.96. The number of fused-ring (bicyclic) bond motifs is 2. The van der Waals surface area contributed by atoms with Crippen LogP contribution in [0.25, 0.3) is 34.3 Å². The molecule has 0 atom stereocenters. The zero-order chi connectivity index (χ0) is 16.8. The normalized spacial score (nSPS) is 12.0. The Balaban J connectivity index is 1.63. The molecule has 122 valence electrons. The summed E-state index contributed by atoms with van der Waals surface area (Å²) in [6, 6.07) is 9.64. The highest BCUT2D eigenvalue weighted by Crippen LogP contribution is 2.26. The van der Waals surface area contributed by atoms with Gasteiger partial charge in [-0.2, -0.15) is 9.61 Å². The minimum atomic E-state index is 0.681. The maximum atomic E-state index is 5.30. The van der Waals surface area contributed by atoms with Gasteiger partial charge in [0.05, 0.1) is 12.0 Å². The second-order valence-corrected chi connectivity index (χ2v) is 6.47. The fraction of sp³-hybridized carbons (Fsp3) is 0.0588. The van der Waals surface area contributed by atoms with Crippen LogP contribution in [0.3, 0.4) is 0 Å². The Morgan fingerprint density at radius 3 is 2.96 bits per heavy atom. The molecule has 0 aliphatic carbocycles. The third-order valence-electron chi connectivity index (χ3n) is 3.86. The van der Waals surface area contributed by atoms with Crippen LogP contribution < -0.4 is 0 Å². The fourth-order valence-electron chi connectivity index (χ4n) is 2.77. The maximum Gasteiger partial charge on any atom is 0.235 e. The summed E-state index contributed by atoms with van der Waals surface area (Å²) in [6.07, 6.45) is 7.40. The predicted molar refractivity (Wildman–Crippen MR) is 95.2 cm³/mol. The first-order valence-electron chi connectivity index (χ1n) is 7.67. The molecular formula is C17H12N6OS. The highest BCUT2D eigenvalue weighted by atomic mass is 32.1. The zero-order valence-corrected chi connectivity index (χ0v) is 14.0. The van der Waals surface area contributed by atoms with Crippen molar-refractivity contribution in [2.75, 3.05) is 0 Å². The van der Waals surface area contributed by atoms with Gasteiger partial charge in [0.2, 0.25) is 10.8 Å². The molecule has 8 heteroatoms. The van der Waals surface area contributed by atoms with E-state index in [2.05, 4.69) is 20.3 Å². The molecule has 0 unspecified atom stereocenters. The Hall–Kier alpha value is -3.26. The second kappa shape index (κ2) is 5.38. The molecule has 0 bridgehead atoms. The minimum Gasteiger partial charge on any atom is -0.465 e. The third kappa shape index (κ3) is 2.26. The Morgan fingerprint density at radius 2 is 2.08 bits per heavy atom. The van der Waals surface area contributed by atoms with Crippen LogP contribution in [-0.2, 0) is 0 Å². The number of hydrogen-bond acceptors (Lipinski definition) is 6. The molecule has 0 spiro atoms. The topological polar surface area (TPSA) is 73.5 Å². The van der Waals surface area contributed by atoms with Crippen molar-refractivity contribution < 1.29 is 4.42 Å². The SMILES string of the molecule is Cc1nc2ccccn2c1-c1nnc2sc(/C=C/c3ccco3)nn12. The highest BCUT2D eigenvalue weighted by Gasteiger charge is 2.19. The van der Waals surface area contributed by atoms with Crippen LogP contribution in [0.5, 0.6) is 0 Å². The monoisotopic (exact) mass is 348 g/mol. The van der Waals surface area contributed by atoms with Gasteiger partial charge in [-0.05, 0) is 43.3 Å². The fourth-order valence-corrected chi connectivity index (χ4v) is 3.51. The van der Waals surface area contributed by atoms with Crippen molar-refractivity contribution in [1.82, 2.24) is 29.2 Å². The summed E-state index contributed by atoms with van der Waals surface area (Å²) in [5.74, 6) is 1.46. The van der Waals surface area contributed by atoms with Crippen LogP contribution >= 0.6 is 11.3 Å². The number of nitrogens with zero attached hydrogens (tertiary/aromatic N) is 6. The standard InChI is InChI=1S/C17H12N6OS/c1-11-15(22-9-3-2-6-13(22)18-11)16-19-20-17-23(16)21-14(25-17)8-7-12-5-4-10-24-12/h2-10H,1H3/b8-7+. The van der Waals surface area contributed by atoms with Gasteiger partial charge in [0.25, 0.3) is 0 Å². The molecule has 0 fully saturated rings. The summed E-state index contributed by atoms with van der Waals surface area (Å²) < 4.78 is 9.06. The quantitative estimate of drug-likeness (QED) is 0.498. The Kier molecular flexibility index (Phi) is 3.04. The van der Waals surface area contributed by atoms with Crippen LogP contribution in [-0.4, -0.2) is 29.2 Å². The largest absolute Gasteiger partial charge is 0.465 e. The number of aromatic nitrogens is 6. The third-order valence-corrected chi connectivity index (χ3v) is 4.72. The van der Waals surface area contributed by atoms with Crippen LogP contribution in [0.2, 0.25) is 0 Å². The molecule has 0 N–H and O–H groups in total. The summed E-state index contributed by atoms with van der Waals surface area (Å²) in [7, 11) is 0. The van der Waals surface area contributed by atoms with Crippen molar-refractivity contribution in [3.63, 3.8) is 0 Å². The molecule has 5 aromatic heterocycles. The molecule has 0 aliphatic heterocycles. The predicted octanol–water partition coefficient (Wildman–Crippen LogP) is 3.57. The van der Waals surface area contributed by atoms with Gasteiger partial charge >= 0.3 is 0 Å². The average molecular weight is 348 g/mol. The van der Waals surface area contributed by atoms with Crippen molar-refractivity contribution in [3.8, 4) is 11.5 Å². The molecule has 0 saturated carbocycles. The summed E-state index contributed by atoms with van der Waals surface area (Å²) in [4.78, 5) is 5.32. The molecule has 0 radical (unpaired) electrons. The van der Waals surface area contributed by atoms with E-state index in [-0.39, 0.29) is 0 Å². The molecule has 0 aromatic carbocycles. The number of pyridine rings is 1. The molecule has 5 aromatic rings. The van der Waals surface area contributed by atoms with Gasteiger partial charge in [-0.3, -0.25) is 4.40 Å². The van der Waals surface area contributed by atoms with Gasteiger partial charge in [-0.1, -0.05) is 17.4 Å². The lowest BCUT2D eigenvalue weighted by atomic mass is 10.3. The van der Waals surface area contributed by atoms with Crippen molar-refractivity contribution in [3.05, 3.63) is 59.3 Å². The van der Waals surface area contributed by atoms with Gasteiger partial charge < -0.3 is 4.42 Å². The summed E-state index contributed by atoms with van der Waals surface area (Å²) >= 11 is 1.47. The minimum absolute atomic E-state index is 0.681. The van der Waals surface area contributed by atoms with E-state index in [0.29, 0.717) is 5.82 Å². The second-order valence-electron chi connectivity index (χ2n) is 5.48. The summed E-state index contributed by atoms with van der Waals surface area (Å²) in [6.45, 7) is 1.97.